The van der Waals surface area contributed by atoms with Gasteiger partial charge in [0.25, 0.3) is 0 Å². The molecule has 3 aliphatic heterocycles. The molecule has 3 fully saturated rings. The van der Waals surface area contributed by atoms with E-state index in [1.165, 1.54) is 37.2 Å². The van der Waals surface area contributed by atoms with Gasteiger partial charge in [-0.25, -0.2) is 0 Å². The zero-order valence-electron chi connectivity index (χ0n) is 24.7. The number of amides is 1. The van der Waals surface area contributed by atoms with Crippen molar-refractivity contribution in [2.75, 3.05) is 51.2 Å². The molecule has 0 N–H and O–H groups in total. The second kappa shape index (κ2) is 14.9. The molecule has 6 heteroatoms. The number of benzene rings is 1. The van der Waals surface area contributed by atoms with E-state index in [9.17, 15) is 4.79 Å². The average Bonchev–Trinajstić information content (AvgIpc) is 2.85. The third-order valence-electron chi connectivity index (χ3n) is 7.56. The van der Waals surface area contributed by atoms with E-state index in [0.717, 1.165) is 32.2 Å². The molecule has 0 saturated carbocycles. The van der Waals surface area contributed by atoms with Crippen molar-refractivity contribution in [3.05, 3.63) is 29.8 Å². The summed E-state index contributed by atoms with van der Waals surface area (Å²) in [6, 6.07) is 9.99. The number of carbonyl (C=O) groups excluding carboxylic acids is 1. The van der Waals surface area contributed by atoms with Crippen LogP contribution in [0.15, 0.2) is 24.3 Å². The Morgan fingerprint density at radius 2 is 1.39 bits per heavy atom. The fraction of sp³-hybridized carbons (Fsp3) is 0.767. The molecule has 4 atom stereocenters. The van der Waals surface area contributed by atoms with Crippen LogP contribution in [0.25, 0.3) is 0 Å². The standard InChI is InChI=1S/C16H24N2O.C12H24N2O.C2H6/c1-5-16(19)18-13(3)10-17(11-14(18)4)15-8-6-12(2)7-9-15;1-10-8-14(9-11(2)15-10)12-4-6-13(3)7-5-12;1-2/h6-9,13-14H,5,10-11H2,1-4H3;10-12H,4-9H2,1-3H3;1-2H3/t13-,14+;10-,11+;. The van der Waals surface area contributed by atoms with E-state index in [4.69, 9.17) is 4.74 Å². The van der Waals surface area contributed by atoms with Gasteiger partial charge in [-0.05, 0) is 79.7 Å². The fourth-order valence-electron chi connectivity index (χ4n) is 5.84. The number of likely N-dealkylation sites (tertiary alicyclic amines) is 1. The average molecular weight is 503 g/mol. The van der Waals surface area contributed by atoms with Gasteiger partial charge >= 0.3 is 0 Å². The van der Waals surface area contributed by atoms with E-state index in [-0.39, 0.29) is 18.0 Å². The molecule has 0 aliphatic carbocycles. The maximum atomic E-state index is 12.0. The molecule has 0 bridgehead atoms. The van der Waals surface area contributed by atoms with Gasteiger partial charge in [0.2, 0.25) is 5.91 Å². The number of hydrogen-bond acceptors (Lipinski definition) is 5. The topological polar surface area (TPSA) is 39.3 Å². The van der Waals surface area contributed by atoms with Crippen molar-refractivity contribution < 1.29 is 9.53 Å². The summed E-state index contributed by atoms with van der Waals surface area (Å²) in [5.74, 6) is 0.267. The number of carbonyl (C=O) groups is 1. The first-order valence-corrected chi connectivity index (χ1v) is 14.4. The first-order chi connectivity index (χ1) is 17.2. The number of morpholine rings is 1. The molecule has 0 radical (unpaired) electrons. The summed E-state index contributed by atoms with van der Waals surface area (Å²) in [5, 5.41) is 0. The molecule has 6 nitrogen and oxygen atoms in total. The molecule has 4 rings (SSSR count). The molecular weight excluding hydrogens is 448 g/mol. The first-order valence-electron chi connectivity index (χ1n) is 14.4. The number of anilines is 1. The Morgan fingerprint density at radius 1 is 0.889 bits per heavy atom. The van der Waals surface area contributed by atoms with Gasteiger partial charge in [-0.15, -0.1) is 0 Å². The Morgan fingerprint density at radius 3 is 1.86 bits per heavy atom. The highest BCUT2D eigenvalue weighted by atomic mass is 16.5. The lowest BCUT2D eigenvalue weighted by molar-refractivity contribution is -0.135. The number of piperidine rings is 1. The summed E-state index contributed by atoms with van der Waals surface area (Å²) < 4.78 is 5.78. The Hall–Kier alpha value is -1.63. The van der Waals surface area contributed by atoms with Crippen LogP contribution in [0.4, 0.5) is 5.69 Å². The van der Waals surface area contributed by atoms with Gasteiger partial charge in [-0.3, -0.25) is 9.69 Å². The molecule has 3 saturated heterocycles. The van der Waals surface area contributed by atoms with Crippen LogP contribution >= 0.6 is 0 Å². The smallest absolute Gasteiger partial charge is 0.222 e. The molecule has 1 aromatic rings. The second-order valence-corrected chi connectivity index (χ2v) is 10.8. The van der Waals surface area contributed by atoms with E-state index in [2.05, 4.69) is 80.6 Å². The minimum Gasteiger partial charge on any atom is -0.373 e. The second-order valence-electron chi connectivity index (χ2n) is 10.8. The fourth-order valence-corrected chi connectivity index (χ4v) is 5.84. The van der Waals surface area contributed by atoms with Gasteiger partial charge < -0.3 is 19.4 Å². The van der Waals surface area contributed by atoms with Crippen LogP contribution in [0, 0.1) is 6.92 Å². The molecule has 0 unspecified atom stereocenters. The number of rotatable bonds is 3. The van der Waals surface area contributed by atoms with Crippen LogP contribution in [-0.4, -0.2) is 97.3 Å². The van der Waals surface area contributed by atoms with Crippen molar-refractivity contribution in [3.8, 4) is 0 Å². The summed E-state index contributed by atoms with van der Waals surface area (Å²) in [6.07, 6.45) is 4.08. The summed E-state index contributed by atoms with van der Waals surface area (Å²) in [6.45, 7) is 23.3. The maximum absolute atomic E-state index is 12.0. The quantitative estimate of drug-likeness (QED) is 0.579. The lowest BCUT2D eigenvalue weighted by Crippen LogP contribution is -2.58. The number of nitrogens with zero attached hydrogens (tertiary/aromatic N) is 4. The molecule has 0 spiro atoms. The summed E-state index contributed by atoms with van der Waals surface area (Å²) >= 11 is 0. The van der Waals surface area contributed by atoms with Gasteiger partial charge in [-0.2, -0.15) is 0 Å². The van der Waals surface area contributed by atoms with Crippen molar-refractivity contribution in [2.24, 2.45) is 0 Å². The van der Waals surface area contributed by atoms with Crippen LogP contribution in [-0.2, 0) is 9.53 Å². The lowest BCUT2D eigenvalue weighted by atomic mass is 10.0. The minimum atomic E-state index is 0.267. The van der Waals surface area contributed by atoms with Crippen LogP contribution in [0.5, 0.6) is 0 Å². The van der Waals surface area contributed by atoms with Gasteiger partial charge in [-0.1, -0.05) is 38.5 Å². The zero-order valence-corrected chi connectivity index (χ0v) is 24.7. The SMILES string of the molecule is CC.CCC(=O)N1[C@H](C)CN(c2ccc(C)cc2)C[C@@H]1C.C[C@@H]1CN(C2CCN(C)CC2)C[C@H](C)O1. The Labute approximate surface area is 221 Å². The van der Waals surface area contributed by atoms with E-state index in [1.807, 2.05) is 25.7 Å². The Bertz CT molecular complexity index is 741. The molecule has 206 valence electrons. The minimum absolute atomic E-state index is 0.267. The molecule has 3 aliphatic rings. The predicted molar refractivity (Wildman–Crippen MR) is 153 cm³/mol. The zero-order chi connectivity index (χ0) is 26.8. The van der Waals surface area contributed by atoms with Gasteiger partial charge in [0.05, 0.1) is 12.2 Å². The van der Waals surface area contributed by atoms with E-state index >= 15 is 0 Å². The molecular formula is C30H54N4O2. The third-order valence-corrected chi connectivity index (χ3v) is 7.56. The summed E-state index contributed by atoms with van der Waals surface area (Å²) in [7, 11) is 2.22. The highest BCUT2D eigenvalue weighted by molar-refractivity contribution is 5.77. The van der Waals surface area contributed by atoms with Crippen LogP contribution in [0.2, 0.25) is 0 Å². The normalized spacial score (nSPS) is 28.0. The molecule has 0 aromatic heterocycles. The molecule has 36 heavy (non-hydrogen) atoms. The van der Waals surface area contributed by atoms with E-state index in [1.54, 1.807) is 0 Å². The third kappa shape index (κ3) is 8.74. The molecule has 1 amide bonds. The monoisotopic (exact) mass is 502 g/mol. The van der Waals surface area contributed by atoms with Gasteiger partial charge in [0.15, 0.2) is 0 Å². The van der Waals surface area contributed by atoms with Crippen molar-refractivity contribution in [1.82, 2.24) is 14.7 Å². The number of aryl methyl sites for hydroxylation is 1. The van der Waals surface area contributed by atoms with Crippen molar-refractivity contribution in [1.29, 1.82) is 0 Å². The van der Waals surface area contributed by atoms with Gasteiger partial charge in [0.1, 0.15) is 0 Å². The predicted octanol–water partition coefficient (Wildman–Crippen LogP) is 5.05. The van der Waals surface area contributed by atoms with Gasteiger partial charge in [0, 0.05) is 56.4 Å². The van der Waals surface area contributed by atoms with E-state index < -0.39 is 0 Å². The van der Waals surface area contributed by atoms with Crippen LogP contribution < -0.4 is 4.90 Å². The van der Waals surface area contributed by atoms with Crippen LogP contribution in [0.3, 0.4) is 0 Å². The highest BCUT2D eigenvalue weighted by Crippen LogP contribution is 2.23. The van der Waals surface area contributed by atoms with Crippen molar-refractivity contribution in [3.63, 3.8) is 0 Å². The molecule has 1 aromatic carbocycles. The first kappa shape index (κ1) is 30.6. The summed E-state index contributed by atoms with van der Waals surface area (Å²) in [4.78, 5) is 21.5. The highest BCUT2D eigenvalue weighted by Gasteiger charge is 2.32. The van der Waals surface area contributed by atoms with E-state index in [0.29, 0.717) is 18.6 Å². The van der Waals surface area contributed by atoms with Crippen LogP contribution in [0.1, 0.15) is 73.3 Å². The summed E-state index contributed by atoms with van der Waals surface area (Å²) in [5.41, 5.74) is 2.54. The lowest BCUT2D eigenvalue weighted by Gasteiger charge is -2.45. The maximum Gasteiger partial charge on any atom is 0.222 e. The Kier molecular flexibility index (Phi) is 12.7. The number of ether oxygens (including phenoxy) is 1. The number of piperazine rings is 1. The Balaban J connectivity index is 0.000000243. The van der Waals surface area contributed by atoms with Crippen molar-refractivity contribution >= 4 is 11.6 Å². The molecule has 3 heterocycles. The largest absolute Gasteiger partial charge is 0.373 e. The number of hydrogen-bond donors (Lipinski definition) is 0. The van der Waals surface area contributed by atoms with Crippen molar-refractivity contribution in [2.45, 2.75) is 105 Å².